The molecular formula is C14H23NO3. The van der Waals surface area contributed by atoms with Crippen molar-refractivity contribution in [1.82, 2.24) is 5.32 Å². The number of hydrogen-bond acceptors (Lipinski definition) is 4. The van der Waals surface area contributed by atoms with Crippen LogP contribution in [-0.2, 0) is 4.74 Å². The van der Waals surface area contributed by atoms with Crippen molar-refractivity contribution in [2.24, 2.45) is 0 Å². The van der Waals surface area contributed by atoms with E-state index >= 15 is 0 Å². The van der Waals surface area contributed by atoms with Crippen LogP contribution in [0.4, 0.5) is 0 Å². The van der Waals surface area contributed by atoms with Crippen molar-refractivity contribution in [3.63, 3.8) is 0 Å². The molecule has 0 fully saturated rings. The number of hydrogen-bond donors (Lipinski definition) is 1. The first kappa shape index (κ1) is 14.8. The van der Waals surface area contributed by atoms with Gasteiger partial charge in [0.25, 0.3) is 0 Å². The molecule has 0 saturated heterocycles. The van der Waals surface area contributed by atoms with Gasteiger partial charge >= 0.3 is 0 Å². The lowest BCUT2D eigenvalue weighted by molar-refractivity contribution is 0.165. The van der Waals surface area contributed by atoms with Crippen LogP contribution in [0.3, 0.4) is 0 Å². The lowest BCUT2D eigenvalue weighted by Gasteiger charge is -2.21. The van der Waals surface area contributed by atoms with Crippen LogP contribution in [0.25, 0.3) is 0 Å². The van der Waals surface area contributed by atoms with E-state index in [0.717, 1.165) is 30.0 Å². The number of methoxy groups -OCH3 is 3. The third-order valence-electron chi connectivity index (χ3n) is 2.78. The highest BCUT2D eigenvalue weighted by atomic mass is 16.5. The van der Waals surface area contributed by atoms with Crippen LogP contribution in [0, 0.1) is 0 Å². The van der Waals surface area contributed by atoms with E-state index in [1.807, 2.05) is 18.2 Å². The average molecular weight is 253 g/mol. The highest BCUT2D eigenvalue weighted by molar-refractivity contribution is 5.48. The van der Waals surface area contributed by atoms with E-state index in [-0.39, 0.29) is 6.04 Å². The van der Waals surface area contributed by atoms with Crippen molar-refractivity contribution < 1.29 is 14.2 Å². The van der Waals surface area contributed by atoms with Crippen LogP contribution in [0.2, 0.25) is 0 Å². The lowest BCUT2D eigenvalue weighted by Crippen LogP contribution is -2.26. The Morgan fingerprint density at radius 1 is 1.17 bits per heavy atom. The zero-order chi connectivity index (χ0) is 13.4. The molecule has 0 spiro atoms. The molecule has 0 aliphatic rings. The van der Waals surface area contributed by atoms with Gasteiger partial charge in [0.2, 0.25) is 0 Å². The average Bonchev–Trinajstić information content (AvgIpc) is 2.42. The maximum Gasteiger partial charge on any atom is 0.165 e. The summed E-state index contributed by atoms with van der Waals surface area (Å²) in [4.78, 5) is 0. The molecular weight excluding hydrogens is 230 g/mol. The van der Waals surface area contributed by atoms with Crippen molar-refractivity contribution >= 4 is 0 Å². The Kier molecular flexibility index (Phi) is 6.54. The van der Waals surface area contributed by atoms with Crippen molar-refractivity contribution in [3.05, 3.63) is 23.8 Å². The largest absolute Gasteiger partial charge is 0.493 e. The third kappa shape index (κ3) is 3.62. The molecule has 0 heterocycles. The van der Waals surface area contributed by atoms with Gasteiger partial charge in [-0.1, -0.05) is 19.1 Å². The molecule has 1 rings (SSSR count). The molecule has 0 bridgehead atoms. The van der Waals surface area contributed by atoms with Gasteiger partial charge < -0.3 is 19.5 Å². The maximum absolute atomic E-state index is 5.45. The van der Waals surface area contributed by atoms with Gasteiger partial charge in [0.15, 0.2) is 11.5 Å². The molecule has 0 aliphatic heterocycles. The smallest absolute Gasteiger partial charge is 0.165 e. The first-order chi connectivity index (χ1) is 8.78. The summed E-state index contributed by atoms with van der Waals surface area (Å²) < 4.78 is 16.0. The first-order valence-corrected chi connectivity index (χ1v) is 6.21. The van der Waals surface area contributed by atoms with Crippen molar-refractivity contribution in [2.45, 2.75) is 19.4 Å². The summed E-state index contributed by atoms with van der Waals surface area (Å²) in [5, 5.41) is 3.45. The summed E-state index contributed by atoms with van der Waals surface area (Å²) >= 11 is 0. The van der Waals surface area contributed by atoms with Crippen LogP contribution >= 0.6 is 0 Å². The number of rotatable bonds is 8. The predicted molar refractivity (Wildman–Crippen MR) is 72.5 cm³/mol. The van der Waals surface area contributed by atoms with Gasteiger partial charge in [-0.25, -0.2) is 0 Å². The quantitative estimate of drug-likeness (QED) is 0.772. The second-order valence-electron chi connectivity index (χ2n) is 4.04. The molecule has 0 radical (unpaired) electrons. The Hall–Kier alpha value is -1.26. The minimum Gasteiger partial charge on any atom is -0.493 e. The van der Waals surface area contributed by atoms with Crippen molar-refractivity contribution in [1.29, 1.82) is 0 Å². The molecule has 1 atom stereocenters. The van der Waals surface area contributed by atoms with E-state index in [1.165, 1.54) is 0 Å². The fraction of sp³-hybridized carbons (Fsp3) is 0.571. The maximum atomic E-state index is 5.45. The Bertz CT molecular complexity index is 355. The van der Waals surface area contributed by atoms with Gasteiger partial charge in [-0.3, -0.25) is 0 Å². The Labute approximate surface area is 109 Å². The molecule has 4 heteroatoms. The van der Waals surface area contributed by atoms with E-state index in [4.69, 9.17) is 14.2 Å². The molecule has 18 heavy (non-hydrogen) atoms. The van der Waals surface area contributed by atoms with Crippen molar-refractivity contribution in [2.75, 3.05) is 34.5 Å². The highest BCUT2D eigenvalue weighted by Crippen LogP contribution is 2.34. The monoisotopic (exact) mass is 253 g/mol. The molecule has 1 aromatic carbocycles. The topological polar surface area (TPSA) is 39.7 Å². The zero-order valence-corrected chi connectivity index (χ0v) is 11.7. The van der Waals surface area contributed by atoms with E-state index < -0.39 is 0 Å². The molecule has 1 N–H and O–H groups in total. The zero-order valence-electron chi connectivity index (χ0n) is 11.7. The second-order valence-corrected chi connectivity index (χ2v) is 4.04. The van der Waals surface area contributed by atoms with Gasteiger partial charge in [-0.05, 0) is 19.0 Å². The summed E-state index contributed by atoms with van der Waals surface area (Å²) in [5.41, 5.74) is 1.06. The summed E-state index contributed by atoms with van der Waals surface area (Å²) in [6.07, 6.45) is 1.08. The number of benzene rings is 1. The Balaban J connectivity index is 3.01. The van der Waals surface area contributed by atoms with Crippen LogP contribution in [0.15, 0.2) is 18.2 Å². The molecule has 102 valence electrons. The summed E-state index contributed by atoms with van der Waals surface area (Å²) in [5.74, 6) is 1.51. The Morgan fingerprint density at radius 3 is 2.50 bits per heavy atom. The highest BCUT2D eigenvalue weighted by Gasteiger charge is 2.18. The number of nitrogens with one attached hydrogen (secondary N) is 1. The second kappa shape index (κ2) is 7.95. The van der Waals surface area contributed by atoms with Gasteiger partial charge in [-0.2, -0.15) is 0 Å². The molecule has 1 unspecified atom stereocenters. The number of para-hydroxylation sites is 1. The standard InChI is InChI=1S/C14H23NO3/c1-5-9-15-12(10-16-2)11-7-6-8-13(17-3)14(11)18-4/h6-8,12,15H,5,9-10H2,1-4H3. The van der Waals surface area contributed by atoms with Gasteiger partial charge in [0.1, 0.15) is 0 Å². The lowest BCUT2D eigenvalue weighted by atomic mass is 10.1. The van der Waals surface area contributed by atoms with Gasteiger partial charge in [0, 0.05) is 12.7 Å². The molecule has 0 aliphatic carbocycles. The van der Waals surface area contributed by atoms with Crippen LogP contribution in [0.1, 0.15) is 24.9 Å². The molecule has 0 aromatic heterocycles. The van der Waals surface area contributed by atoms with Crippen LogP contribution in [0.5, 0.6) is 11.5 Å². The fourth-order valence-corrected chi connectivity index (χ4v) is 1.93. The summed E-state index contributed by atoms with van der Waals surface area (Å²) in [6, 6.07) is 6.01. The SMILES string of the molecule is CCCNC(COC)c1cccc(OC)c1OC. The molecule has 1 aromatic rings. The van der Waals surface area contributed by atoms with E-state index in [2.05, 4.69) is 12.2 Å². The minimum absolute atomic E-state index is 0.111. The number of ether oxygens (including phenoxy) is 3. The van der Waals surface area contributed by atoms with E-state index in [1.54, 1.807) is 21.3 Å². The molecule has 0 amide bonds. The minimum atomic E-state index is 0.111. The van der Waals surface area contributed by atoms with Crippen LogP contribution in [-0.4, -0.2) is 34.5 Å². The van der Waals surface area contributed by atoms with E-state index in [0.29, 0.717) is 6.61 Å². The molecule has 0 saturated carbocycles. The van der Waals surface area contributed by atoms with E-state index in [9.17, 15) is 0 Å². The summed E-state index contributed by atoms with van der Waals surface area (Å²) in [6.45, 7) is 3.68. The summed E-state index contributed by atoms with van der Waals surface area (Å²) in [7, 11) is 5.00. The molecule has 4 nitrogen and oxygen atoms in total. The van der Waals surface area contributed by atoms with Crippen molar-refractivity contribution in [3.8, 4) is 11.5 Å². The van der Waals surface area contributed by atoms with Gasteiger partial charge in [-0.15, -0.1) is 0 Å². The Morgan fingerprint density at radius 2 is 1.94 bits per heavy atom. The predicted octanol–water partition coefficient (Wildman–Crippen LogP) is 2.39. The normalized spacial score (nSPS) is 12.2. The first-order valence-electron chi connectivity index (χ1n) is 6.21. The van der Waals surface area contributed by atoms with Gasteiger partial charge in [0.05, 0.1) is 26.9 Å². The fourth-order valence-electron chi connectivity index (χ4n) is 1.93. The van der Waals surface area contributed by atoms with Crippen LogP contribution < -0.4 is 14.8 Å². The third-order valence-corrected chi connectivity index (χ3v) is 2.78.